The molecule has 0 radical (unpaired) electrons. The Bertz CT molecular complexity index is 709. The van der Waals surface area contributed by atoms with E-state index < -0.39 is 5.82 Å². The van der Waals surface area contributed by atoms with Gasteiger partial charge >= 0.3 is 0 Å². The molecule has 0 fully saturated rings. The van der Waals surface area contributed by atoms with Gasteiger partial charge in [0.05, 0.1) is 10.7 Å². The molecule has 0 heterocycles. The van der Waals surface area contributed by atoms with Crippen LogP contribution in [0.15, 0.2) is 42.5 Å². The average Bonchev–Trinajstić information content (AvgIpc) is 2.50. The number of halogens is 3. The molecule has 0 aliphatic heterocycles. The number of hydrogen-bond acceptors (Lipinski definition) is 1. The molecule has 0 saturated carbocycles. The molecule has 0 saturated heterocycles. The number of amides is 1. The Balaban J connectivity index is 2.01. The van der Waals surface area contributed by atoms with E-state index in [1.807, 2.05) is 36.5 Å². The molecule has 3 N–H and O–H groups in total. The highest BCUT2D eigenvalue weighted by molar-refractivity contribution is 6.33. The lowest BCUT2D eigenvalue weighted by molar-refractivity contribution is -0.709. The van der Waals surface area contributed by atoms with Crippen LogP contribution in [0.25, 0.3) is 0 Å². The first-order chi connectivity index (χ1) is 10.9. The monoisotopic (exact) mass is 355 g/mol. The van der Waals surface area contributed by atoms with Gasteiger partial charge in [-0.05, 0) is 38.1 Å². The van der Waals surface area contributed by atoms with Crippen molar-refractivity contribution in [1.29, 1.82) is 0 Å². The van der Waals surface area contributed by atoms with Crippen LogP contribution in [0.5, 0.6) is 0 Å². The maximum absolute atomic E-state index is 13.0. The molecule has 122 valence electrons. The molecule has 0 aliphatic carbocycles. The summed E-state index contributed by atoms with van der Waals surface area (Å²) in [4.78, 5) is 12.3. The minimum atomic E-state index is -0.444. The zero-order valence-corrected chi connectivity index (χ0v) is 14.3. The first-order valence-electron chi connectivity index (χ1n) is 7.24. The van der Waals surface area contributed by atoms with Crippen molar-refractivity contribution in [1.82, 2.24) is 0 Å². The standard InChI is InChI=1S/C17H17Cl2FN2O/c1-10(13-5-3-4-6-14(13)18)21-11(2)17(23)22-16-8-7-12(20)9-15(16)19/h3-11,21H,1-2H3,(H,22,23)/p+1/t10-,11-/m0/s1. The fourth-order valence-corrected chi connectivity index (χ4v) is 2.83. The molecule has 6 heteroatoms. The summed E-state index contributed by atoms with van der Waals surface area (Å²) in [6.07, 6.45) is 0. The van der Waals surface area contributed by atoms with Crippen molar-refractivity contribution in [3.8, 4) is 0 Å². The minimum absolute atomic E-state index is 0.0214. The maximum atomic E-state index is 13.0. The highest BCUT2D eigenvalue weighted by Gasteiger charge is 2.22. The Morgan fingerprint density at radius 1 is 1.13 bits per heavy atom. The van der Waals surface area contributed by atoms with E-state index in [2.05, 4.69) is 5.32 Å². The van der Waals surface area contributed by atoms with Crippen LogP contribution in [0.1, 0.15) is 25.5 Å². The fourth-order valence-electron chi connectivity index (χ4n) is 2.31. The summed E-state index contributed by atoms with van der Waals surface area (Å²) < 4.78 is 13.0. The van der Waals surface area contributed by atoms with Gasteiger partial charge in [-0.25, -0.2) is 4.39 Å². The van der Waals surface area contributed by atoms with Crippen molar-refractivity contribution in [3.05, 3.63) is 63.9 Å². The molecule has 0 aromatic heterocycles. The first kappa shape index (κ1) is 17.7. The van der Waals surface area contributed by atoms with Crippen LogP contribution in [0.4, 0.5) is 10.1 Å². The Hall–Kier alpha value is -1.62. The van der Waals surface area contributed by atoms with E-state index in [9.17, 15) is 9.18 Å². The zero-order chi connectivity index (χ0) is 17.0. The van der Waals surface area contributed by atoms with Crippen molar-refractivity contribution >= 4 is 34.8 Å². The second kappa shape index (κ2) is 7.77. The molecule has 3 nitrogen and oxygen atoms in total. The van der Waals surface area contributed by atoms with Gasteiger partial charge in [-0.15, -0.1) is 0 Å². The second-order valence-electron chi connectivity index (χ2n) is 5.40. The lowest BCUT2D eigenvalue weighted by Gasteiger charge is -2.18. The number of quaternary nitrogens is 1. The van der Waals surface area contributed by atoms with E-state index in [1.54, 1.807) is 6.92 Å². The predicted molar refractivity (Wildman–Crippen MR) is 91.3 cm³/mol. The molecule has 1 amide bonds. The SMILES string of the molecule is C[C@H]([NH2+][C@@H](C)c1ccccc1Cl)C(=O)Nc1ccc(F)cc1Cl. The Morgan fingerprint density at radius 3 is 2.48 bits per heavy atom. The van der Waals surface area contributed by atoms with Crippen LogP contribution in [0, 0.1) is 5.82 Å². The van der Waals surface area contributed by atoms with E-state index in [0.29, 0.717) is 10.7 Å². The van der Waals surface area contributed by atoms with Crippen LogP contribution in [0.3, 0.4) is 0 Å². The number of rotatable bonds is 5. The van der Waals surface area contributed by atoms with E-state index in [4.69, 9.17) is 23.2 Å². The molecule has 2 aromatic rings. The smallest absolute Gasteiger partial charge is 0.282 e. The topological polar surface area (TPSA) is 45.7 Å². The fraction of sp³-hybridized carbons (Fsp3) is 0.235. The van der Waals surface area contributed by atoms with Gasteiger partial charge in [-0.2, -0.15) is 0 Å². The third kappa shape index (κ3) is 4.67. The summed E-state index contributed by atoms with van der Waals surface area (Å²) in [7, 11) is 0. The van der Waals surface area contributed by atoms with Gasteiger partial charge in [-0.3, -0.25) is 4.79 Å². The molecule has 2 aromatic carbocycles. The second-order valence-corrected chi connectivity index (χ2v) is 6.22. The average molecular weight is 356 g/mol. The van der Waals surface area contributed by atoms with Gasteiger partial charge in [0.25, 0.3) is 5.91 Å². The molecular weight excluding hydrogens is 338 g/mol. The third-order valence-electron chi connectivity index (χ3n) is 3.58. The summed E-state index contributed by atoms with van der Waals surface area (Å²) in [5, 5.41) is 5.46. The van der Waals surface area contributed by atoms with Crippen LogP contribution in [0.2, 0.25) is 10.0 Å². The third-order valence-corrected chi connectivity index (χ3v) is 4.23. The number of benzene rings is 2. The maximum Gasteiger partial charge on any atom is 0.282 e. The first-order valence-corrected chi connectivity index (χ1v) is 7.99. The Morgan fingerprint density at radius 2 is 1.83 bits per heavy atom. The molecular formula is C17H18Cl2FN2O+. The molecule has 23 heavy (non-hydrogen) atoms. The van der Waals surface area contributed by atoms with Crippen LogP contribution < -0.4 is 10.6 Å². The van der Waals surface area contributed by atoms with Gasteiger partial charge in [0.1, 0.15) is 11.9 Å². The van der Waals surface area contributed by atoms with Crippen molar-refractivity contribution in [2.24, 2.45) is 0 Å². The molecule has 0 unspecified atom stereocenters. The number of carbonyl (C=O) groups is 1. The predicted octanol–water partition coefficient (Wildman–Crippen LogP) is 3.78. The van der Waals surface area contributed by atoms with Crippen molar-refractivity contribution < 1.29 is 14.5 Å². The largest absolute Gasteiger partial charge is 0.330 e. The quantitative estimate of drug-likeness (QED) is 0.841. The minimum Gasteiger partial charge on any atom is -0.330 e. The zero-order valence-electron chi connectivity index (χ0n) is 12.8. The summed E-state index contributed by atoms with van der Waals surface area (Å²) >= 11 is 12.1. The number of anilines is 1. The Labute approximate surface area is 144 Å². The highest BCUT2D eigenvalue weighted by atomic mass is 35.5. The van der Waals surface area contributed by atoms with E-state index in [-0.39, 0.29) is 23.0 Å². The normalized spacial score (nSPS) is 13.4. The summed E-state index contributed by atoms with van der Waals surface area (Å²) in [6, 6.07) is 11.1. The molecule has 0 spiro atoms. The lowest BCUT2D eigenvalue weighted by atomic mass is 10.1. The van der Waals surface area contributed by atoms with E-state index >= 15 is 0 Å². The van der Waals surface area contributed by atoms with E-state index in [0.717, 1.165) is 11.6 Å². The van der Waals surface area contributed by atoms with Crippen molar-refractivity contribution in [2.45, 2.75) is 25.9 Å². The van der Waals surface area contributed by atoms with Crippen LogP contribution in [-0.2, 0) is 4.79 Å². The lowest BCUT2D eigenvalue weighted by Crippen LogP contribution is -2.91. The summed E-state index contributed by atoms with van der Waals surface area (Å²) in [6.45, 7) is 3.77. The number of nitrogens with two attached hydrogens (primary N) is 1. The summed E-state index contributed by atoms with van der Waals surface area (Å²) in [5.41, 5.74) is 1.36. The number of carbonyl (C=O) groups excluding carboxylic acids is 1. The molecule has 2 rings (SSSR count). The molecule has 2 atom stereocenters. The number of nitrogens with one attached hydrogen (secondary N) is 1. The van der Waals surface area contributed by atoms with Crippen molar-refractivity contribution in [2.75, 3.05) is 5.32 Å². The molecule has 0 bridgehead atoms. The van der Waals surface area contributed by atoms with Crippen LogP contribution in [-0.4, -0.2) is 11.9 Å². The van der Waals surface area contributed by atoms with Gasteiger partial charge in [-0.1, -0.05) is 41.4 Å². The molecule has 0 aliphatic rings. The summed E-state index contributed by atoms with van der Waals surface area (Å²) in [5.74, 6) is -0.655. The van der Waals surface area contributed by atoms with E-state index in [1.165, 1.54) is 12.1 Å². The van der Waals surface area contributed by atoms with Gasteiger partial charge in [0.15, 0.2) is 6.04 Å². The van der Waals surface area contributed by atoms with Gasteiger partial charge in [0, 0.05) is 10.6 Å². The Kier molecular flexibility index (Phi) is 5.99. The highest BCUT2D eigenvalue weighted by Crippen LogP contribution is 2.22. The number of hydrogen-bond donors (Lipinski definition) is 2. The van der Waals surface area contributed by atoms with Crippen LogP contribution >= 0.6 is 23.2 Å². The van der Waals surface area contributed by atoms with Gasteiger partial charge < -0.3 is 10.6 Å². The van der Waals surface area contributed by atoms with Gasteiger partial charge in [0.2, 0.25) is 0 Å². The van der Waals surface area contributed by atoms with Crippen molar-refractivity contribution in [3.63, 3.8) is 0 Å².